The first-order valence-electron chi connectivity index (χ1n) is 3.00. The molecule has 2 unspecified atom stereocenters. The molecular weight excluding hydrogens is 164 g/mol. The van der Waals surface area contributed by atoms with Crippen LogP contribution < -0.4 is 5.32 Å². The summed E-state index contributed by atoms with van der Waals surface area (Å²) in [6.07, 6.45) is 3.99. The van der Waals surface area contributed by atoms with E-state index in [9.17, 15) is 5.11 Å². The van der Waals surface area contributed by atoms with Gasteiger partial charge >= 0.3 is 0 Å². The first kappa shape index (κ1) is 6.81. The minimum Gasteiger partial charge on any atom is -0.362 e. The van der Waals surface area contributed by atoms with Crippen molar-refractivity contribution >= 4 is 31.5 Å². The van der Waals surface area contributed by atoms with E-state index in [2.05, 4.69) is 32.9 Å². The molecule has 5 nitrogen and oxygen atoms in total. The second-order valence-electron chi connectivity index (χ2n) is 2.33. The van der Waals surface area contributed by atoms with Gasteiger partial charge in [0.2, 0.25) is 5.72 Å². The summed E-state index contributed by atoms with van der Waals surface area (Å²) in [5.74, 6) is 0. The fourth-order valence-corrected chi connectivity index (χ4v) is 1.16. The first-order valence-corrected chi connectivity index (χ1v) is 3.45. The van der Waals surface area contributed by atoms with Crippen molar-refractivity contribution in [3.63, 3.8) is 0 Å². The summed E-state index contributed by atoms with van der Waals surface area (Å²) in [5.41, 5.74) is -1.37. The highest BCUT2D eigenvalue weighted by Crippen LogP contribution is 2.33. The van der Waals surface area contributed by atoms with Crippen LogP contribution in [0, 0.1) is 0 Å². The molecular formula is C5H6N4OS. The van der Waals surface area contributed by atoms with Gasteiger partial charge in [0.25, 0.3) is 4.99 Å². The van der Waals surface area contributed by atoms with Gasteiger partial charge in [-0.2, -0.15) is 0 Å². The van der Waals surface area contributed by atoms with Gasteiger partial charge in [-0.15, -0.1) is 12.6 Å². The molecule has 6 heteroatoms. The molecule has 0 bridgehead atoms. The lowest BCUT2D eigenvalue weighted by Crippen LogP contribution is -2.56. The number of thiol groups is 1. The van der Waals surface area contributed by atoms with Crippen molar-refractivity contribution in [2.24, 2.45) is 15.0 Å². The van der Waals surface area contributed by atoms with Gasteiger partial charge in [-0.05, 0) is 0 Å². The van der Waals surface area contributed by atoms with E-state index in [1.165, 1.54) is 18.9 Å². The van der Waals surface area contributed by atoms with Crippen molar-refractivity contribution in [2.75, 3.05) is 0 Å². The van der Waals surface area contributed by atoms with Gasteiger partial charge in [-0.25, -0.2) is 15.0 Å². The van der Waals surface area contributed by atoms with E-state index in [0.29, 0.717) is 0 Å². The standard InChI is InChI=1S/C5H6N4OS/c10-4-1-6-2-8-5(4,11)9-3-7-4/h1-3,10-11H,(H,7,9). The van der Waals surface area contributed by atoms with E-state index in [-0.39, 0.29) is 0 Å². The Morgan fingerprint density at radius 3 is 3.00 bits per heavy atom. The number of hydrogen-bond donors (Lipinski definition) is 3. The summed E-state index contributed by atoms with van der Waals surface area (Å²) >= 11 is 4.09. The number of nitrogens with one attached hydrogen (secondary N) is 1. The van der Waals surface area contributed by atoms with Crippen LogP contribution in [0.25, 0.3) is 0 Å². The lowest BCUT2D eigenvalue weighted by atomic mass is 10.2. The number of fused-ring (bicyclic) bond motifs is 1. The highest BCUT2D eigenvalue weighted by atomic mass is 32.1. The Kier molecular flexibility index (Phi) is 1.13. The molecule has 0 saturated carbocycles. The van der Waals surface area contributed by atoms with Crippen molar-refractivity contribution in [2.45, 2.75) is 10.7 Å². The van der Waals surface area contributed by atoms with Gasteiger partial charge < -0.3 is 10.4 Å². The van der Waals surface area contributed by atoms with E-state index in [1.807, 2.05) is 0 Å². The van der Waals surface area contributed by atoms with Crippen molar-refractivity contribution in [3.8, 4) is 0 Å². The van der Waals surface area contributed by atoms with Crippen molar-refractivity contribution in [1.82, 2.24) is 5.32 Å². The van der Waals surface area contributed by atoms with E-state index < -0.39 is 10.7 Å². The minimum atomic E-state index is -1.37. The Bertz CT molecular complexity index is 276. The van der Waals surface area contributed by atoms with Gasteiger partial charge in [-0.1, -0.05) is 0 Å². The summed E-state index contributed by atoms with van der Waals surface area (Å²) in [4.78, 5) is 10.2. The van der Waals surface area contributed by atoms with Gasteiger partial charge in [0, 0.05) is 0 Å². The predicted molar refractivity (Wildman–Crippen MR) is 45.3 cm³/mol. The third kappa shape index (κ3) is 0.733. The van der Waals surface area contributed by atoms with Crippen LogP contribution in [0.1, 0.15) is 0 Å². The average Bonchev–Trinajstić information content (AvgIpc) is 2.25. The van der Waals surface area contributed by atoms with Crippen LogP contribution in [0.5, 0.6) is 0 Å². The molecule has 0 fully saturated rings. The minimum absolute atomic E-state index is 1.14. The summed E-state index contributed by atoms with van der Waals surface area (Å²) in [5, 5.41) is 12.3. The molecule has 2 rings (SSSR count). The lowest BCUT2D eigenvalue weighted by Gasteiger charge is -2.30. The molecule has 0 aromatic heterocycles. The molecule has 2 N–H and O–H groups in total. The van der Waals surface area contributed by atoms with Crippen LogP contribution in [0.3, 0.4) is 0 Å². The van der Waals surface area contributed by atoms with Gasteiger partial charge in [-0.3, -0.25) is 0 Å². The summed E-state index contributed by atoms with van der Waals surface area (Å²) in [6, 6.07) is 0. The van der Waals surface area contributed by atoms with Crippen LogP contribution >= 0.6 is 12.6 Å². The Hall–Kier alpha value is -0.880. The molecule has 0 radical (unpaired) electrons. The smallest absolute Gasteiger partial charge is 0.250 e. The van der Waals surface area contributed by atoms with Gasteiger partial charge in [0.05, 0.1) is 12.6 Å². The zero-order valence-corrected chi connectivity index (χ0v) is 6.36. The maximum Gasteiger partial charge on any atom is 0.250 e. The third-order valence-corrected chi connectivity index (χ3v) is 2.18. The van der Waals surface area contributed by atoms with Crippen LogP contribution in [0.15, 0.2) is 15.0 Å². The SMILES string of the molecule is OC12C=NC=NC1(S)N=CN2. The number of rotatable bonds is 0. The molecule has 2 aliphatic heterocycles. The second-order valence-corrected chi connectivity index (χ2v) is 2.95. The lowest BCUT2D eigenvalue weighted by molar-refractivity contribution is 0.0759. The monoisotopic (exact) mass is 170 g/mol. The fraction of sp³-hybridized carbons (Fsp3) is 0.400. The van der Waals surface area contributed by atoms with Crippen molar-refractivity contribution in [3.05, 3.63) is 0 Å². The fourth-order valence-electron chi connectivity index (χ4n) is 0.927. The van der Waals surface area contributed by atoms with Gasteiger partial charge in [0.15, 0.2) is 0 Å². The van der Waals surface area contributed by atoms with Crippen molar-refractivity contribution in [1.29, 1.82) is 0 Å². The summed E-state index contributed by atoms with van der Waals surface area (Å²) in [6.45, 7) is 0. The van der Waals surface area contributed by atoms with Crippen LogP contribution in [-0.4, -0.2) is 34.7 Å². The molecule has 2 heterocycles. The largest absolute Gasteiger partial charge is 0.362 e. The molecule has 11 heavy (non-hydrogen) atoms. The van der Waals surface area contributed by atoms with E-state index >= 15 is 0 Å². The maximum absolute atomic E-state index is 9.69. The topological polar surface area (TPSA) is 69.3 Å². The molecule has 0 aliphatic carbocycles. The molecule has 58 valence electrons. The molecule has 2 aliphatic rings. The normalized spacial score (nSPS) is 45.6. The third-order valence-electron chi connectivity index (χ3n) is 1.61. The zero-order chi connectivity index (χ0) is 7.95. The molecule has 0 aromatic carbocycles. The average molecular weight is 170 g/mol. The van der Waals surface area contributed by atoms with Crippen molar-refractivity contribution < 1.29 is 5.11 Å². The molecule has 0 saturated heterocycles. The van der Waals surface area contributed by atoms with Crippen LogP contribution in [0.2, 0.25) is 0 Å². The zero-order valence-electron chi connectivity index (χ0n) is 5.47. The number of aliphatic imine (C=N–C) groups is 3. The quantitative estimate of drug-likeness (QED) is 0.408. The van der Waals surface area contributed by atoms with Crippen LogP contribution in [-0.2, 0) is 0 Å². The van der Waals surface area contributed by atoms with E-state index in [0.717, 1.165) is 0 Å². The molecule has 0 spiro atoms. The van der Waals surface area contributed by atoms with Crippen LogP contribution in [0.4, 0.5) is 0 Å². The van der Waals surface area contributed by atoms with E-state index in [1.54, 1.807) is 0 Å². The first-order chi connectivity index (χ1) is 5.16. The summed E-state index contributed by atoms with van der Waals surface area (Å²) in [7, 11) is 0. The highest BCUT2D eigenvalue weighted by Gasteiger charge is 2.51. The molecule has 0 amide bonds. The predicted octanol–water partition coefficient (Wildman–Crippen LogP) is -0.997. The molecule has 2 atom stereocenters. The Morgan fingerprint density at radius 1 is 1.45 bits per heavy atom. The van der Waals surface area contributed by atoms with Gasteiger partial charge in [0.1, 0.15) is 6.34 Å². The Morgan fingerprint density at radius 2 is 2.27 bits per heavy atom. The number of aliphatic hydroxyl groups is 1. The second kappa shape index (κ2) is 1.83. The summed E-state index contributed by atoms with van der Waals surface area (Å²) < 4.78 is 0. The Balaban J connectivity index is 2.48. The number of nitrogens with zero attached hydrogens (tertiary/aromatic N) is 3. The highest BCUT2D eigenvalue weighted by molar-refractivity contribution is 7.82. The number of hydrogen-bond acceptors (Lipinski definition) is 6. The Labute approximate surface area is 68.4 Å². The molecule has 0 aromatic rings. The maximum atomic E-state index is 9.69. The van der Waals surface area contributed by atoms with E-state index in [4.69, 9.17) is 0 Å².